The topological polar surface area (TPSA) is 61.9 Å². The first-order chi connectivity index (χ1) is 13.5. The first-order valence-electron chi connectivity index (χ1n) is 9.59. The summed E-state index contributed by atoms with van der Waals surface area (Å²) in [7, 11) is 1.35. The van der Waals surface area contributed by atoms with Crippen LogP contribution in [0.3, 0.4) is 0 Å². The fraction of sp³-hybridized carbons (Fsp3) is 0.364. The maximum Gasteiger partial charge on any atom is 0.337 e. The molecule has 3 rings (SSSR count). The lowest BCUT2D eigenvalue weighted by atomic mass is 10.1. The van der Waals surface area contributed by atoms with E-state index >= 15 is 0 Å². The third-order valence-corrected chi connectivity index (χ3v) is 5.14. The number of amides is 1. The van der Waals surface area contributed by atoms with Crippen molar-refractivity contribution in [3.63, 3.8) is 0 Å². The number of methoxy groups -OCH3 is 1. The zero-order valence-corrected chi connectivity index (χ0v) is 16.7. The summed E-state index contributed by atoms with van der Waals surface area (Å²) in [5, 5.41) is 2.99. The Morgan fingerprint density at radius 3 is 2.25 bits per heavy atom. The average Bonchev–Trinajstić information content (AvgIpc) is 2.73. The lowest BCUT2D eigenvalue weighted by Crippen LogP contribution is -2.46. The Labute approximate surface area is 166 Å². The van der Waals surface area contributed by atoms with Crippen molar-refractivity contribution in [2.45, 2.75) is 13.8 Å². The van der Waals surface area contributed by atoms with Crippen molar-refractivity contribution in [3.05, 3.63) is 59.2 Å². The summed E-state index contributed by atoms with van der Waals surface area (Å²) in [6.07, 6.45) is 0. The van der Waals surface area contributed by atoms with Crippen LogP contribution in [-0.2, 0) is 4.74 Å². The SMILES string of the molecule is CCN1CCN(c2ccc(C(=O)OC)cc2NC(=O)c2ccc(C)cc2)CC1. The Morgan fingerprint density at radius 2 is 1.64 bits per heavy atom. The minimum absolute atomic E-state index is 0.199. The molecule has 0 aromatic heterocycles. The molecule has 1 fully saturated rings. The van der Waals surface area contributed by atoms with E-state index in [4.69, 9.17) is 4.74 Å². The Morgan fingerprint density at radius 1 is 1.00 bits per heavy atom. The predicted octanol–water partition coefficient (Wildman–Crippen LogP) is 3.18. The fourth-order valence-corrected chi connectivity index (χ4v) is 3.36. The molecular formula is C22H27N3O3. The number of likely N-dealkylation sites (N-methyl/N-ethyl adjacent to an activating group) is 1. The first-order valence-corrected chi connectivity index (χ1v) is 9.59. The van der Waals surface area contributed by atoms with Crippen molar-refractivity contribution >= 4 is 23.3 Å². The van der Waals surface area contributed by atoms with Crippen LogP contribution in [0, 0.1) is 6.92 Å². The molecule has 0 aliphatic carbocycles. The standard InChI is InChI=1S/C22H27N3O3/c1-4-24-11-13-25(14-12-24)20-10-9-18(22(27)28-3)15-19(20)23-21(26)17-7-5-16(2)6-8-17/h5-10,15H,4,11-14H2,1-3H3,(H,23,26). The van der Waals surface area contributed by atoms with Gasteiger partial charge in [0.15, 0.2) is 0 Å². The summed E-state index contributed by atoms with van der Waals surface area (Å²) in [5.41, 5.74) is 3.63. The van der Waals surface area contributed by atoms with Crippen LogP contribution in [0.5, 0.6) is 0 Å². The van der Waals surface area contributed by atoms with E-state index in [9.17, 15) is 9.59 Å². The molecule has 0 unspecified atom stereocenters. The van der Waals surface area contributed by atoms with Gasteiger partial charge in [-0.05, 0) is 43.8 Å². The van der Waals surface area contributed by atoms with E-state index in [-0.39, 0.29) is 5.91 Å². The zero-order chi connectivity index (χ0) is 20.1. The summed E-state index contributed by atoms with van der Waals surface area (Å²) in [4.78, 5) is 29.4. The number of hydrogen-bond acceptors (Lipinski definition) is 5. The number of esters is 1. The van der Waals surface area contributed by atoms with Crippen LogP contribution >= 0.6 is 0 Å². The Kier molecular flexibility index (Phi) is 6.31. The maximum atomic E-state index is 12.8. The molecule has 1 heterocycles. The smallest absolute Gasteiger partial charge is 0.337 e. The average molecular weight is 381 g/mol. The van der Waals surface area contributed by atoms with E-state index in [1.165, 1.54) is 7.11 Å². The predicted molar refractivity (Wildman–Crippen MR) is 111 cm³/mol. The third-order valence-electron chi connectivity index (χ3n) is 5.14. The maximum absolute atomic E-state index is 12.8. The van der Waals surface area contributed by atoms with Gasteiger partial charge in [-0.25, -0.2) is 4.79 Å². The molecule has 2 aromatic carbocycles. The van der Waals surface area contributed by atoms with Crippen molar-refractivity contribution < 1.29 is 14.3 Å². The number of aryl methyl sites for hydroxylation is 1. The molecular weight excluding hydrogens is 354 g/mol. The van der Waals surface area contributed by atoms with Gasteiger partial charge in [-0.3, -0.25) is 4.79 Å². The van der Waals surface area contributed by atoms with Crippen molar-refractivity contribution in [1.82, 2.24) is 4.90 Å². The summed E-state index contributed by atoms with van der Waals surface area (Å²) >= 11 is 0. The Hall–Kier alpha value is -2.86. The fourth-order valence-electron chi connectivity index (χ4n) is 3.36. The lowest BCUT2D eigenvalue weighted by Gasteiger charge is -2.36. The number of rotatable bonds is 5. The van der Waals surface area contributed by atoms with E-state index in [0.29, 0.717) is 16.8 Å². The largest absolute Gasteiger partial charge is 0.465 e. The normalized spacial score (nSPS) is 14.6. The molecule has 1 N–H and O–H groups in total. The van der Waals surface area contributed by atoms with Crippen molar-refractivity contribution in [2.24, 2.45) is 0 Å². The van der Waals surface area contributed by atoms with Gasteiger partial charge in [0.25, 0.3) is 5.91 Å². The number of benzene rings is 2. The molecule has 6 heteroatoms. The number of ether oxygens (including phenoxy) is 1. The van der Waals surface area contributed by atoms with Crippen molar-refractivity contribution in [1.29, 1.82) is 0 Å². The summed E-state index contributed by atoms with van der Waals surface area (Å²) in [6, 6.07) is 12.7. The molecule has 28 heavy (non-hydrogen) atoms. The number of anilines is 2. The second-order valence-corrected chi connectivity index (χ2v) is 6.96. The summed E-state index contributed by atoms with van der Waals surface area (Å²) in [6.45, 7) is 8.87. The monoisotopic (exact) mass is 381 g/mol. The summed E-state index contributed by atoms with van der Waals surface area (Å²) in [5.74, 6) is -0.622. The highest BCUT2D eigenvalue weighted by atomic mass is 16.5. The molecule has 0 atom stereocenters. The molecule has 0 bridgehead atoms. The highest BCUT2D eigenvalue weighted by molar-refractivity contribution is 6.06. The first kappa shape index (κ1) is 19.9. The molecule has 6 nitrogen and oxygen atoms in total. The van der Waals surface area contributed by atoms with Gasteiger partial charge in [-0.15, -0.1) is 0 Å². The molecule has 2 aromatic rings. The van der Waals surface area contributed by atoms with Gasteiger partial charge in [0.1, 0.15) is 0 Å². The number of hydrogen-bond donors (Lipinski definition) is 1. The van der Waals surface area contributed by atoms with E-state index in [0.717, 1.165) is 44.0 Å². The van der Waals surface area contributed by atoms with Gasteiger partial charge in [0.2, 0.25) is 0 Å². The second-order valence-electron chi connectivity index (χ2n) is 6.96. The van der Waals surface area contributed by atoms with Gasteiger partial charge in [0, 0.05) is 31.7 Å². The van der Waals surface area contributed by atoms with Crippen LogP contribution in [0.4, 0.5) is 11.4 Å². The van der Waals surface area contributed by atoms with Gasteiger partial charge >= 0.3 is 5.97 Å². The highest BCUT2D eigenvalue weighted by Crippen LogP contribution is 2.29. The number of nitrogens with one attached hydrogen (secondary N) is 1. The van der Waals surface area contributed by atoms with Gasteiger partial charge in [0.05, 0.1) is 24.0 Å². The number of carbonyl (C=O) groups excluding carboxylic acids is 2. The number of nitrogens with zero attached hydrogens (tertiary/aromatic N) is 2. The van der Waals surface area contributed by atoms with Gasteiger partial charge in [-0.2, -0.15) is 0 Å². The molecule has 1 saturated heterocycles. The van der Waals surface area contributed by atoms with Crippen LogP contribution in [0.15, 0.2) is 42.5 Å². The molecule has 1 aliphatic heterocycles. The zero-order valence-electron chi connectivity index (χ0n) is 16.7. The van der Waals surface area contributed by atoms with Crippen LogP contribution in [0.2, 0.25) is 0 Å². The minimum atomic E-state index is -0.423. The molecule has 148 valence electrons. The van der Waals surface area contributed by atoms with Crippen LogP contribution < -0.4 is 10.2 Å². The van der Waals surface area contributed by atoms with Crippen LogP contribution in [-0.4, -0.2) is 56.6 Å². The Balaban J connectivity index is 1.88. The van der Waals surface area contributed by atoms with E-state index < -0.39 is 5.97 Å². The van der Waals surface area contributed by atoms with E-state index in [2.05, 4.69) is 22.0 Å². The molecule has 0 saturated carbocycles. The van der Waals surface area contributed by atoms with Crippen molar-refractivity contribution in [2.75, 3.05) is 50.1 Å². The molecule has 0 spiro atoms. The molecule has 1 amide bonds. The lowest BCUT2D eigenvalue weighted by molar-refractivity contribution is 0.0600. The molecule has 0 radical (unpaired) electrons. The highest BCUT2D eigenvalue weighted by Gasteiger charge is 2.21. The number of carbonyl (C=O) groups is 2. The minimum Gasteiger partial charge on any atom is -0.465 e. The molecule has 1 aliphatic rings. The van der Waals surface area contributed by atoms with E-state index in [1.807, 2.05) is 25.1 Å². The van der Waals surface area contributed by atoms with E-state index in [1.54, 1.807) is 24.3 Å². The quantitative estimate of drug-likeness (QED) is 0.806. The second kappa shape index (κ2) is 8.89. The van der Waals surface area contributed by atoms with Gasteiger partial charge < -0.3 is 19.9 Å². The van der Waals surface area contributed by atoms with Crippen LogP contribution in [0.25, 0.3) is 0 Å². The number of piperazine rings is 1. The Bertz CT molecular complexity index is 841. The summed E-state index contributed by atoms with van der Waals surface area (Å²) < 4.78 is 4.84. The third kappa shape index (κ3) is 4.51. The van der Waals surface area contributed by atoms with Crippen molar-refractivity contribution in [3.8, 4) is 0 Å². The van der Waals surface area contributed by atoms with Gasteiger partial charge in [-0.1, -0.05) is 24.6 Å². The van der Waals surface area contributed by atoms with Crippen LogP contribution in [0.1, 0.15) is 33.2 Å².